The van der Waals surface area contributed by atoms with Crippen LogP contribution in [-0.4, -0.2) is 39.3 Å². The number of hydrogen-bond donors (Lipinski definition) is 1. The topological polar surface area (TPSA) is 91.2 Å². The first-order valence-corrected chi connectivity index (χ1v) is 8.09. The van der Waals surface area contributed by atoms with E-state index in [0.717, 1.165) is 5.69 Å². The van der Waals surface area contributed by atoms with Crippen molar-refractivity contribution in [3.63, 3.8) is 0 Å². The fraction of sp³-hybridized carbons (Fsp3) is 0.176. The second-order valence-corrected chi connectivity index (χ2v) is 5.75. The molecule has 0 saturated heterocycles. The van der Waals surface area contributed by atoms with Gasteiger partial charge in [0.25, 0.3) is 5.91 Å². The van der Waals surface area contributed by atoms with Gasteiger partial charge in [0, 0.05) is 5.69 Å². The number of aromatic nitrogens is 4. The van der Waals surface area contributed by atoms with Gasteiger partial charge in [-0.25, -0.2) is 4.68 Å². The maximum atomic E-state index is 12.3. The molecular formula is C17H16ClN5O3. The van der Waals surface area contributed by atoms with Crippen LogP contribution in [0.25, 0.3) is 5.69 Å². The molecule has 0 aliphatic heterocycles. The summed E-state index contributed by atoms with van der Waals surface area (Å²) in [5.41, 5.74) is 1.35. The number of rotatable bonds is 6. The van der Waals surface area contributed by atoms with E-state index in [1.165, 1.54) is 18.1 Å². The molecule has 1 aromatic heterocycles. The number of benzene rings is 2. The van der Waals surface area contributed by atoms with Crippen molar-refractivity contribution in [2.75, 3.05) is 12.4 Å². The number of halogens is 1. The molecule has 0 bridgehead atoms. The molecule has 0 unspecified atom stereocenters. The SMILES string of the molecule is COc1ccc(NC(=O)[C@H](C)Oc2ccc(-n3cnnn3)cc2)cc1Cl. The van der Waals surface area contributed by atoms with Crippen LogP contribution in [0.15, 0.2) is 48.8 Å². The first kappa shape index (κ1) is 17.7. The van der Waals surface area contributed by atoms with E-state index in [0.29, 0.717) is 22.2 Å². The van der Waals surface area contributed by atoms with Crippen LogP contribution >= 0.6 is 11.6 Å². The monoisotopic (exact) mass is 373 g/mol. The van der Waals surface area contributed by atoms with Gasteiger partial charge in [0.15, 0.2) is 6.10 Å². The Morgan fingerprint density at radius 2 is 2.00 bits per heavy atom. The third kappa shape index (κ3) is 4.09. The first-order chi connectivity index (χ1) is 12.6. The third-order valence-electron chi connectivity index (χ3n) is 3.55. The minimum absolute atomic E-state index is 0.296. The molecule has 1 heterocycles. The molecule has 26 heavy (non-hydrogen) atoms. The lowest BCUT2D eigenvalue weighted by Gasteiger charge is -2.15. The number of carbonyl (C=O) groups excluding carboxylic acids is 1. The molecule has 3 aromatic rings. The number of tetrazole rings is 1. The van der Waals surface area contributed by atoms with Crippen LogP contribution in [0.2, 0.25) is 5.02 Å². The summed E-state index contributed by atoms with van der Waals surface area (Å²) < 4.78 is 12.3. The van der Waals surface area contributed by atoms with Crippen molar-refractivity contribution in [2.24, 2.45) is 0 Å². The zero-order chi connectivity index (χ0) is 18.5. The van der Waals surface area contributed by atoms with E-state index in [9.17, 15) is 4.79 Å². The maximum Gasteiger partial charge on any atom is 0.265 e. The summed E-state index contributed by atoms with van der Waals surface area (Å²) in [6.45, 7) is 1.66. The number of anilines is 1. The Morgan fingerprint density at radius 1 is 1.23 bits per heavy atom. The predicted octanol–water partition coefficient (Wildman–Crippen LogP) is 2.73. The van der Waals surface area contributed by atoms with Crippen LogP contribution in [0.4, 0.5) is 5.69 Å². The zero-order valence-electron chi connectivity index (χ0n) is 14.1. The van der Waals surface area contributed by atoms with Gasteiger partial charge in [0.05, 0.1) is 17.8 Å². The van der Waals surface area contributed by atoms with Gasteiger partial charge >= 0.3 is 0 Å². The summed E-state index contributed by atoms with van der Waals surface area (Å²) >= 11 is 6.06. The van der Waals surface area contributed by atoms with Crippen molar-refractivity contribution in [1.82, 2.24) is 20.2 Å². The highest BCUT2D eigenvalue weighted by molar-refractivity contribution is 6.32. The summed E-state index contributed by atoms with van der Waals surface area (Å²) in [6.07, 6.45) is 0.793. The molecule has 0 spiro atoms. The van der Waals surface area contributed by atoms with Gasteiger partial charge in [-0.15, -0.1) is 5.10 Å². The van der Waals surface area contributed by atoms with Gasteiger partial charge in [0.2, 0.25) is 0 Å². The van der Waals surface area contributed by atoms with E-state index in [4.69, 9.17) is 21.1 Å². The van der Waals surface area contributed by atoms with E-state index in [2.05, 4.69) is 20.8 Å². The third-order valence-corrected chi connectivity index (χ3v) is 3.85. The molecule has 9 heteroatoms. The van der Waals surface area contributed by atoms with Crippen LogP contribution in [0.5, 0.6) is 11.5 Å². The molecule has 0 radical (unpaired) electrons. The van der Waals surface area contributed by atoms with E-state index < -0.39 is 6.10 Å². The Morgan fingerprint density at radius 3 is 2.62 bits per heavy atom. The van der Waals surface area contributed by atoms with Crippen LogP contribution in [0, 0.1) is 0 Å². The molecule has 2 aromatic carbocycles. The minimum Gasteiger partial charge on any atom is -0.495 e. The standard InChI is InChI=1S/C17H16ClN5O3/c1-11(17(24)20-12-3-8-16(25-2)15(18)9-12)26-14-6-4-13(5-7-14)23-10-19-21-22-23/h3-11H,1-2H3,(H,20,24)/t11-/m0/s1. The van der Waals surface area contributed by atoms with Gasteiger partial charge < -0.3 is 14.8 Å². The van der Waals surface area contributed by atoms with Crippen molar-refractivity contribution >= 4 is 23.2 Å². The number of ether oxygens (including phenoxy) is 2. The quantitative estimate of drug-likeness (QED) is 0.714. The van der Waals surface area contributed by atoms with Crippen molar-refractivity contribution in [1.29, 1.82) is 0 Å². The number of hydrogen-bond acceptors (Lipinski definition) is 6. The predicted molar refractivity (Wildman–Crippen MR) is 95.9 cm³/mol. The highest BCUT2D eigenvalue weighted by Gasteiger charge is 2.15. The molecule has 0 aliphatic rings. The maximum absolute atomic E-state index is 12.3. The van der Waals surface area contributed by atoms with Gasteiger partial charge in [-0.2, -0.15) is 0 Å². The van der Waals surface area contributed by atoms with Crippen LogP contribution < -0.4 is 14.8 Å². The number of methoxy groups -OCH3 is 1. The zero-order valence-corrected chi connectivity index (χ0v) is 14.8. The van der Waals surface area contributed by atoms with Crippen LogP contribution in [0.3, 0.4) is 0 Å². The molecule has 0 fully saturated rings. The van der Waals surface area contributed by atoms with Gasteiger partial charge in [-0.3, -0.25) is 4.79 Å². The lowest BCUT2D eigenvalue weighted by molar-refractivity contribution is -0.122. The number of nitrogens with zero attached hydrogens (tertiary/aromatic N) is 4. The van der Waals surface area contributed by atoms with Crippen LogP contribution in [-0.2, 0) is 4.79 Å². The Bertz CT molecular complexity index is 884. The molecule has 0 aliphatic carbocycles. The fourth-order valence-corrected chi connectivity index (χ4v) is 2.46. The van der Waals surface area contributed by atoms with Crippen molar-refractivity contribution in [2.45, 2.75) is 13.0 Å². The lowest BCUT2D eigenvalue weighted by atomic mass is 10.2. The Balaban J connectivity index is 1.61. The number of carbonyl (C=O) groups is 1. The van der Waals surface area contributed by atoms with Crippen molar-refractivity contribution in [3.05, 3.63) is 53.8 Å². The van der Waals surface area contributed by atoms with Gasteiger partial charge in [-0.1, -0.05) is 11.6 Å². The van der Waals surface area contributed by atoms with E-state index >= 15 is 0 Å². The highest BCUT2D eigenvalue weighted by atomic mass is 35.5. The van der Waals surface area contributed by atoms with E-state index in [1.807, 2.05) is 0 Å². The van der Waals surface area contributed by atoms with Gasteiger partial charge in [-0.05, 0) is 59.8 Å². The van der Waals surface area contributed by atoms with Gasteiger partial charge in [0.1, 0.15) is 17.8 Å². The average Bonchev–Trinajstić information content (AvgIpc) is 3.17. The molecule has 1 atom stereocenters. The summed E-state index contributed by atoms with van der Waals surface area (Å²) in [5.74, 6) is 0.796. The molecule has 134 valence electrons. The first-order valence-electron chi connectivity index (χ1n) is 7.71. The second-order valence-electron chi connectivity index (χ2n) is 5.35. The lowest BCUT2D eigenvalue weighted by Crippen LogP contribution is -2.30. The Kier molecular flexibility index (Phi) is 5.33. The smallest absolute Gasteiger partial charge is 0.265 e. The summed E-state index contributed by atoms with van der Waals surface area (Å²) in [7, 11) is 1.53. The molecule has 3 rings (SSSR count). The molecular weight excluding hydrogens is 358 g/mol. The largest absolute Gasteiger partial charge is 0.495 e. The fourth-order valence-electron chi connectivity index (χ4n) is 2.20. The minimum atomic E-state index is -0.699. The normalized spacial score (nSPS) is 11.7. The molecule has 1 amide bonds. The van der Waals surface area contributed by atoms with Crippen molar-refractivity contribution < 1.29 is 14.3 Å². The summed E-state index contributed by atoms with van der Waals surface area (Å²) in [6, 6.07) is 12.1. The molecule has 0 saturated carbocycles. The molecule has 1 N–H and O–H groups in total. The van der Waals surface area contributed by atoms with Crippen molar-refractivity contribution in [3.8, 4) is 17.2 Å². The summed E-state index contributed by atoms with van der Waals surface area (Å²) in [5, 5.41) is 14.1. The van der Waals surface area contributed by atoms with Crippen LogP contribution in [0.1, 0.15) is 6.92 Å². The molecule has 8 nitrogen and oxygen atoms in total. The second kappa shape index (κ2) is 7.83. The Hall–Kier alpha value is -3.13. The number of amides is 1. The van der Waals surface area contributed by atoms with E-state index in [1.54, 1.807) is 49.4 Å². The highest BCUT2D eigenvalue weighted by Crippen LogP contribution is 2.27. The summed E-state index contributed by atoms with van der Waals surface area (Å²) in [4.78, 5) is 12.3. The Labute approximate surface area is 154 Å². The number of nitrogens with one attached hydrogen (secondary N) is 1. The average molecular weight is 374 g/mol. The van der Waals surface area contributed by atoms with E-state index in [-0.39, 0.29) is 5.91 Å².